The van der Waals surface area contributed by atoms with E-state index < -0.39 is 0 Å². The van der Waals surface area contributed by atoms with Gasteiger partial charge >= 0.3 is 0 Å². The van der Waals surface area contributed by atoms with Gasteiger partial charge in [0.1, 0.15) is 11.6 Å². The molecule has 0 radical (unpaired) electrons. The van der Waals surface area contributed by atoms with Crippen LogP contribution in [-0.4, -0.2) is 50.2 Å². The van der Waals surface area contributed by atoms with Gasteiger partial charge in [0.15, 0.2) is 0 Å². The fourth-order valence-electron chi connectivity index (χ4n) is 2.11. The number of likely N-dealkylation sites (N-methyl/N-ethyl adjacent to an activating group) is 1. The Morgan fingerprint density at radius 2 is 1.94 bits per heavy atom. The number of rotatable bonds is 2. The van der Waals surface area contributed by atoms with Gasteiger partial charge in [0.05, 0.1) is 10.0 Å². The molecule has 2 heterocycles. The zero-order valence-electron chi connectivity index (χ0n) is 10.7. The zero-order chi connectivity index (χ0) is 13.1. The summed E-state index contributed by atoms with van der Waals surface area (Å²) in [4.78, 5) is 9.06. The van der Waals surface area contributed by atoms with E-state index in [1.807, 2.05) is 7.05 Å². The highest BCUT2D eigenvalue weighted by Crippen LogP contribution is 2.31. The molecule has 1 aromatic heterocycles. The topological polar surface area (TPSA) is 31.4 Å². The van der Waals surface area contributed by atoms with Crippen LogP contribution < -0.4 is 10.2 Å². The fraction of sp³-hybridized carbons (Fsp3) is 0.583. The van der Waals surface area contributed by atoms with E-state index >= 15 is 0 Å². The fourth-order valence-corrected chi connectivity index (χ4v) is 2.68. The third-order valence-electron chi connectivity index (χ3n) is 3.17. The van der Waals surface area contributed by atoms with Gasteiger partial charge in [0, 0.05) is 26.7 Å². The Balaban J connectivity index is 2.26. The van der Waals surface area contributed by atoms with E-state index in [0.717, 1.165) is 38.4 Å². The molecule has 1 saturated heterocycles. The van der Waals surface area contributed by atoms with Crippen LogP contribution in [0.1, 0.15) is 6.42 Å². The number of hydrogen-bond acceptors (Lipinski definition) is 4. The Morgan fingerprint density at radius 3 is 2.67 bits per heavy atom. The highest BCUT2D eigenvalue weighted by Gasteiger charge is 2.18. The minimum absolute atomic E-state index is 0.554. The molecule has 1 fully saturated rings. The van der Waals surface area contributed by atoms with Crippen LogP contribution in [0.15, 0.2) is 6.07 Å². The standard InChI is InChI=1S/C12H18Cl2N4/c1-15-11-9(13)8-10(14)12(16-11)18-5-3-4-17(2)6-7-18/h8H,3-7H2,1-2H3,(H,15,16). The van der Waals surface area contributed by atoms with Crippen molar-refractivity contribution < 1.29 is 0 Å². The number of nitrogens with zero attached hydrogens (tertiary/aromatic N) is 3. The van der Waals surface area contributed by atoms with E-state index in [0.29, 0.717) is 15.9 Å². The van der Waals surface area contributed by atoms with Crippen molar-refractivity contribution in [3.63, 3.8) is 0 Å². The number of pyridine rings is 1. The van der Waals surface area contributed by atoms with Crippen molar-refractivity contribution in [2.75, 3.05) is 50.5 Å². The highest BCUT2D eigenvalue weighted by atomic mass is 35.5. The lowest BCUT2D eigenvalue weighted by molar-refractivity contribution is 0.360. The molecule has 2 rings (SSSR count). The summed E-state index contributed by atoms with van der Waals surface area (Å²) in [5.74, 6) is 1.49. The van der Waals surface area contributed by atoms with Crippen LogP contribution in [0.25, 0.3) is 0 Å². The van der Waals surface area contributed by atoms with Crippen LogP contribution in [0.4, 0.5) is 11.6 Å². The first-order valence-electron chi connectivity index (χ1n) is 6.09. The summed E-state index contributed by atoms with van der Waals surface area (Å²) in [6.07, 6.45) is 1.12. The molecule has 6 heteroatoms. The van der Waals surface area contributed by atoms with Crippen LogP contribution in [0.5, 0.6) is 0 Å². The van der Waals surface area contributed by atoms with Gasteiger partial charge < -0.3 is 15.1 Å². The van der Waals surface area contributed by atoms with E-state index in [-0.39, 0.29) is 0 Å². The Morgan fingerprint density at radius 1 is 1.17 bits per heavy atom. The first-order chi connectivity index (χ1) is 8.61. The van der Waals surface area contributed by atoms with Crippen molar-refractivity contribution in [2.45, 2.75) is 6.42 Å². The first-order valence-corrected chi connectivity index (χ1v) is 6.84. The van der Waals surface area contributed by atoms with Crippen molar-refractivity contribution in [1.82, 2.24) is 9.88 Å². The lowest BCUT2D eigenvalue weighted by Crippen LogP contribution is -2.29. The normalized spacial score (nSPS) is 17.7. The molecule has 100 valence electrons. The van der Waals surface area contributed by atoms with Crippen LogP contribution in [-0.2, 0) is 0 Å². The smallest absolute Gasteiger partial charge is 0.149 e. The van der Waals surface area contributed by atoms with E-state index in [9.17, 15) is 0 Å². The van der Waals surface area contributed by atoms with Crippen LogP contribution >= 0.6 is 23.2 Å². The molecule has 0 atom stereocenters. The number of halogens is 2. The van der Waals surface area contributed by atoms with Gasteiger partial charge in [-0.3, -0.25) is 0 Å². The van der Waals surface area contributed by atoms with Crippen LogP contribution in [0.3, 0.4) is 0 Å². The third-order valence-corrected chi connectivity index (χ3v) is 3.73. The summed E-state index contributed by atoms with van der Waals surface area (Å²) < 4.78 is 0. The predicted octanol–water partition coefficient (Wildman–Crippen LogP) is 2.57. The second kappa shape index (κ2) is 5.95. The van der Waals surface area contributed by atoms with E-state index in [2.05, 4.69) is 27.1 Å². The molecule has 0 aliphatic carbocycles. The van der Waals surface area contributed by atoms with Crippen LogP contribution in [0, 0.1) is 0 Å². The minimum Gasteiger partial charge on any atom is -0.372 e. The third kappa shape index (κ3) is 2.99. The van der Waals surface area contributed by atoms with Crippen molar-refractivity contribution >= 4 is 34.8 Å². The van der Waals surface area contributed by atoms with Gasteiger partial charge in [0.2, 0.25) is 0 Å². The molecule has 0 saturated carbocycles. The summed E-state index contributed by atoms with van der Waals surface area (Å²) in [7, 11) is 3.95. The molecule has 18 heavy (non-hydrogen) atoms. The second-order valence-corrected chi connectivity index (χ2v) is 5.33. The minimum atomic E-state index is 0.554. The predicted molar refractivity (Wildman–Crippen MR) is 78.1 cm³/mol. The van der Waals surface area contributed by atoms with Gasteiger partial charge in [-0.25, -0.2) is 4.98 Å². The number of hydrogen-bond donors (Lipinski definition) is 1. The molecule has 0 amide bonds. The maximum atomic E-state index is 6.25. The maximum absolute atomic E-state index is 6.25. The van der Waals surface area contributed by atoms with Gasteiger partial charge in [-0.1, -0.05) is 23.2 Å². The average Bonchev–Trinajstić information content (AvgIpc) is 2.54. The largest absolute Gasteiger partial charge is 0.372 e. The molecule has 1 aliphatic heterocycles. The van der Waals surface area contributed by atoms with Crippen molar-refractivity contribution in [3.8, 4) is 0 Å². The molecular weight excluding hydrogens is 271 g/mol. The van der Waals surface area contributed by atoms with Crippen molar-refractivity contribution in [1.29, 1.82) is 0 Å². The van der Waals surface area contributed by atoms with Crippen molar-refractivity contribution in [3.05, 3.63) is 16.1 Å². The Labute approximate surface area is 118 Å². The van der Waals surface area contributed by atoms with Gasteiger partial charge in [-0.15, -0.1) is 0 Å². The van der Waals surface area contributed by atoms with Crippen molar-refractivity contribution in [2.24, 2.45) is 0 Å². The quantitative estimate of drug-likeness (QED) is 0.906. The Kier molecular flexibility index (Phi) is 4.54. The molecule has 1 aliphatic rings. The summed E-state index contributed by atoms with van der Waals surface area (Å²) in [6.45, 7) is 4.05. The Bertz CT molecular complexity index is 425. The summed E-state index contributed by atoms with van der Waals surface area (Å²) >= 11 is 12.3. The SMILES string of the molecule is CNc1nc(N2CCCN(C)CC2)c(Cl)cc1Cl. The zero-order valence-corrected chi connectivity index (χ0v) is 12.2. The van der Waals surface area contributed by atoms with E-state index in [1.165, 1.54) is 0 Å². The van der Waals surface area contributed by atoms with Gasteiger partial charge in [-0.05, 0) is 26.1 Å². The molecule has 1 aromatic rings. The van der Waals surface area contributed by atoms with E-state index in [1.54, 1.807) is 6.07 Å². The number of nitrogens with one attached hydrogen (secondary N) is 1. The maximum Gasteiger partial charge on any atom is 0.149 e. The highest BCUT2D eigenvalue weighted by molar-refractivity contribution is 6.37. The molecule has 0 aromatic carbocycles. The molecule has 0 bridgehead atoms. The summed E-state index contributed by atoms with van der Waals surface area (Å²) in [5, 5.41) is 4.16. The molecule has 1 N–H and O–H groups in total. The molecule has 0 spiro atoms. The lowest BCUT2D eigenvalue weighted by atomic mass is 10.3. The monoisotopic (exact) mass is 288 g/mol. The second-order valence-electron chi connectivity index (χ2n) is 4.52. The summed E-state index contributed by atoms with van der Waals surface area (Å²) in [5.41, 5.74) is 0. The van der Waals surface area contributed by atoms with E-state index in [4.69, 9.17) is 23.2 Å². The lowest BCUT2D eigenvalue weighted by Gasteiger charge is -2.23. The summed E-state index contributed by atoms with van der Waals surface area (Å²) in [6, 6.07) is 1.76. The average molecular weight is 289 g/mol. The Hall–Kier alpha value is -0.710. The number of aromatic nitrogens is 1. The molecule has 4 nitrogen and oxygen atoms in total. The van der Waals surface area contributed by atoms with Crippen LogP contribution in [0.2, 0.25) is 10.0 Å². The molecule has 0 unspecified atom stereocenters. The molecular formula is C12H18Cl2N4. The number of anilines is 2. The first kappa shape index (κ1) is 13.7. The van der Waals surface area contributed by atoms with Gasteiger partial charge in [-0.2, -0.15) is 0 Å². The van der Waals surface area contributed by atoms with Gasteiger partial charge in [0.25, 0.3) is 0 Å².